The van der Waals surface area contributed by atoms with Crippen molar-refractivity contribution in [3.63, 3.8) is 0 Å². The maximum Gasteiger partial charge on any atom is 0.202 e. The number of aromatic nitrogens is 1. The first kappa shape index (κ1) is 18.0. The van der Waals surface area contributed by atoms with Gasteiger partial charge in [-0.3, -0.25) is 4.79 Å². The van der Waals surface area contributed by atoms with Gasteiger partial charge >= 0.3 is 0 Å². The molecule has 5 heteroatoms. The number of carbonyl (C=O) groups excluding carboxylic acids is 1. The van der Waals surface area contributed by atoms with Crippen molar-refractivity contribution in [2.24, 2.45) is 0 Å². The second-order valence-electron chi connectivity index (χ2n) is 6.12. The average molecular weight is 364 g/mol. The Morgan fingerprint density at radius 1 is 1.23 bits per heavy atom. The third kappa shape index (κ3) is 4.04. The van der Waals surface area contributed by atoms with Crippen molar-refractivity contribution in [3.05, 3.63) is 75.2 Å². The van der Waals surface area contributed by atoms with Gasteiger partial charge in [-0.15, -0.1) is 11.3 Å². The summed E-state index contributed by atoms with van der Waals surface area (Å²) in [7, 11) is 0. The molecule has 0 atom stereocenters. The van der Waals surface area contributed by atoms with Gasteiger partial charge in [0.2, 0.25) is 5.78 Å². The van der Waals surface area contributed by atoms with E-state index in [1.165, 1.54) is 4.88 Å². The fourth-order valence-corrected chi connectivity index (χ4v) is 3.68. The highest BCUT2D eigenvalue weighted by Crippen LogP contribution is 2.19. The summed E-state index contributed by atoms with van der Waals surface area (Å²) in [6.45, 7) is 4.82. The number of nitriles is 1. The van der Waals surface area contributed by atoms with Crippen molar-refractivity contribution in [3.8, 4) is 11.8 Å². The van der Waals surface area contributed by atoms with E-state index in [0.29, 0.717) is 16.9 Å². The fourth-order valence-electron chi connectivity index (χ4n) is 2.99. The molecule has 0 aliphatic heterocycles. The Hall–Kier alpha value is -2.84. The Morgan fingerprint density at radius 3 is 2.81 bits per heavy atom. The first-order chi connectivity index (χ1) is 12.6. The van der Waals surface area contributed by atoms with E-state index in [1.807, 2.05) is 19.9 Å². The summed E-state index contributed by atoms with van der Waals surface area (Å²) < 4.78 is 7.76. The van der Waals surface area contributed by atoms with Crippen LogP contribution in [0.2, 0.25) is 0 Å². The quantitative estimate of drug-likeness (QED) is 0.578. The molecular formula is C21H20N2O2S. The molecule has 0 spiro atoms. The van der Waals surface area contributed by atoms with Crippen LogP contribution in [0.1, 0.15) is 32.2 Å². The van der Waals surface area contributed by atoms with Crippen molar-refractivity contribution >= 4 is 17.1 Å². The summed E-state index contributed by atoms with van der Waals surface area (Å²) in [5, 5.41) is 11.0. The van der Waals surface area contributed by atoms with Crippen molar-refractivity contribution in [1.29, 1.82) is 5.26 Å². The molecule has 0 amide bonds. The fraction of sp³-hybridized carbons (Fsp3) is 0.238. The topological polar surface area (TPSA) is 55.0 Å². The number of ether oxygens (including phenoxy) is 1. The minimum absolute atomic E-state index is 0.0376. The number of Topliss-reactive ketones (excluding diaryl/α,β-unsaturated/α-hetero) is 1. The number of benzene rings is 1. The van der Waals surface area contributed by atoms with Crippen LogP contribution in [0.15, 0.2) is 47.8 Å². The van der Waals surface area contributed by atoms with Crippen molar-refractivity contribution in [1.82, 2.24) is 4.57 Å². The standard InChI is InChI=1S/C21H20N2O2S/c1-15-11-20(16(2)23(15)9-8-19-7-4-10-26-19)21(24)14-25-18-6-3-5-17(12-18)13-22/h3-7,10-12H,8-9,14H2,1-2H3. The van der Waals surface area contributed by atoms with Crippen LogP contribution in [0, 0.1) is 25.2 Å². The number of thiophene rings is 1. The van der Waals surface area contributed by atoms with Crippen LogP contribution in [-0.2, 0) is 13.0 Å². The largest absolute Gasteiger partial charge is 0.485 e. The maximum atomic E-state index is 12.6. The first-order valence-electron chi connectivity index (χ1n) is 8.43. The SMILES string of the molecule is Cc1cc(C(=O)COc2cccc(C#N)c2)c(C)n1CCc1cccs1. The highest BCUT2D eigenvalue weighted by molar-refractivity contribution is 7.09. The van der Waals surface area contributed by atoms with Gasteiger partial charge in [0, 0.05) is 28.4 Å². The summed E-state index contributed by atoms with van der Waals surface area (Å²) in [6.07, 6.45) is 0.957. The predicted octanol–water partition coefficient (Wildman–Crippen LogP) is 4.54. The van der Waals surface area contributed by atoms with Crippen LogP contribution in [0.4, 0.5) is 0 Å². The number of ketones is 1. The zero-order valence-corrected chi connectivity index (χ0v) is 15.7. The number of carbonyl (C=O) groups is 1. The molecule has 0 aliphatic rings. The number of rotatable bonds is 7. The lowest BCUT2D eigenvalue weighted by molar-refractivity contribution is 0.0920. The zero-order valence-electron chi connectivity index (χ0n) is 14.9. The average Bonchev–Trinajstić information content (AvgIpc) is 3.26. The van der Waals surface area contributed by atoms with Gasteiger partial charge in [0.25, 0.3) is 0 Å². The smallest absolute Gasteiger partial charge is 0.202 e. The van der Waals surface area contributed by atoms with E-state index < -0.39 is 0 Å². The van der Waals surface area contributed by atoms with Crippen molar-refractivity contribution < 1.29 is 9.53 Å². The van der Waals surface area contributed by atoms with E-state index in [1.54, 1.807) is 35.6 Å². The van der Waals surface area contributed by atoms with Gasteiger partial charge in [-0.25, -0.2) is 0 Å². The van der Waals surface area contributed by atoms with Crippen LogP contribution in [-0.4, -0.2) is 17.0 Å². The van der Waals surface area contributed by atoms with E-state index in [-0.39, 0.29) is 12.4 Å². The van der Waals surface area contributed by atoms with Crippen molar-refractivity contribution in [2.75, 3.05) is 6.61 Å². The van der Waals surface area contributed by atoms with Gasteiger partial charge in [0.15, 0.2) is 6.61 Å². The molecule has 0 radical (unpaired) electrons. The molecule has 4 nitrogen and oxygen atoms in total. The van der Waals surface area contributed by atoms with E-state index in [0.717, 1.165) is 24.4 Å². The van der Waals surface area contributed by atoms with Gasteiger partial charge < -0.3 is 9.30 Å². The predicted molar refractivity (Wildman–Crippen MR) is 103 cm³/mol. The molecule has 0 unspecified atom stereocenters. The molecule has 3 aromatic rings. The summed E-state index contributed by atoms with van der Waals surface area (Å²) in [5.41, 5.74) is 3.26. The number of nitrogens with zero attached hydrogens (tertiary/aromatic N) is 2. The van der Waals surface area contributed by atoms with Gasteiger partial charge in [0.05, 0.1) is 11.6 Å². The first-order valence-corrected chi connectivity index (χ1v) is 9.31. The summed E-state index contributed by atoms with van der Waals surface area (Å²) in [5.74, 6) is 0.478. The third-order valence-electron chi connectivity index (χ3n) is 4.37. The molecule has 0 fully saturated rings. The second-order valence-corrected chi connectivity index (χ2v) is 7.15. The monoisotopic (exact) mass is 364 g/mol. The van der Waals surface area contributed by atoms with Gasteiger partial charge in [-0.2, -0.15) is 5.26 Å². The van der Waals surface area contributed by atoms with Crippen LogP contribution >= 0.6 is 11.3 Å². The molecule has 2 aromatic heterocycles. The number of hydrogen-bond donors (Lipinski definition) is 0. The Morgan fingerprint density at radius 2 is 2.08 bits per heavy atom. The van der Waals surface area contributed by atoms with Crippen molar-refractivity contribution in [2.45, 2.75) is 26.8 Å². The molecule has 3 rings (SSSR count). The molecule has 0 saturated carbocycles. The summed E-state index contributed by atoms with van der Waals surface area (Å²) in [4.78, 5) is 13.9. The molecule has 2 heterocycles. The van der Waals surface area contributed by atoms with E-state index in [9.17, 15) is 4.79 Å². The van der Waals surface area contributed by atoms with Crippen LogP contribution < -0.4 is 4.74 Å². The minimum atomic E-state index is -0.0529. The lowest BCUT2D eigenvalue weighted by Crippen LogP contribution is -2.13. The molecule has 132 valence electrons. The lowest BCUT2D eigenvalue weighted by atomic mass is 10.1. The molecule has 26 heavy (non-hydrogen) atoms. The Bertz CT molecular complexity index is 949. The maximum absolute atomic E-state index is 12.6. The summed E-state index contributed by atoms with van der Waals surface area (Å²) in [6, 6.07) is 15.0. The van der Waals surface area contributed by atoms with Crippen LogP contribution in [0.5, 0.6) is 5.75 Å². The Balaban J connectivity index is 1.67. The second kappa shape index (κ2) is 8.03. The summed E-state index contributed by atoms with van der Waals surface area (Å²) >= 11 is 1.75. The van der Waals surface area contributed by atoms with Gasteiger partial charge in [-0.1, -0.05) is 12.1 Å². The molecule has 0 aliphatic carbocycles. The van der Waals surface area contributed by atoms with Crippen LogP contribution in [0.25, 0.3) is 0 Å². The highest BCUT2D eigenvalue weighted by Gasteiger charge is 2.16. The number of hydrogen-bond acceptors (Lipinski definition) is 4. The number of aryl methyl sites for hydroxylation is 2. The van der Waals surface area contributed by atoms with Gasteiger partial charge in [0.1, 0.15) is 5.75 Å². The normalized spacial score (nSPS) is 10.5. The third-order valence-corrected chi connectivity index (χ3v) is 5.31. The van der Waals surface area contributed by atoms with E-state index >= 15 is 0 Å². The van der Waals surface area contributed by atoms with E-state index in [2.05, 4.69) is 28.1 Å². The Labute approximate surface area is 157 Å². The van der Waals surface area contributed by atoms with E-state index in [4.69, 9.17) is 10.00 Å². The zero-order chi connectivity index (χ0) is 18.5. The molecule has 0 N–H and O–H groups in total. The lowest BCUT2D eigenvalue weighted by Gasteiger charge is -2.09. The highest BCUT2D eigenvalue weighted by atomic mass is 32.1. The minimum Gasteiger partial charge on any atom is -0.485 e. The molecule has 1 aromatic carbocycles. The molecule has 0 saturated heterocycles. The Kier molecular flexibility index (Phi) is 5.55. The van der Waals surface area contributed by atoms with Crippen LogP contribution in [0.3, 0.4) is 0 Å². The molecular weight excluding hydrogens is 344 g/mol. The van der Waals surface area contributed by atoms with Gasteiger partial charge in [-0.05, 0) is 56.0 Å². The molecule has 0 bridgehead atoms.